The second-order valence-electron chi connectivity index (χ2n) is 4.61. The third-order valence-corrected chi connectivity index (χ3v) is 4.60. The largest absolute Gasteiger partial charge is 0.289 e. The average molecular weight is 293 g/mol. The summed E-state index contributed by atoms with van der Waals surface area (Å²) in [5.41, 5.74) is 0.0585. The number of rotatable bonds is 2. The van der Waals surface area contributed by atoms with Crippen LogP contribution in [0.15, 0.2) is 72.7 Å². The highest BCUT2D eigenvalue weighted by atomic mass is 32.1. The molecular formula is C19H12OS. The van der Waals surface area contributed by atoms with Crippen molar-refractivity contribution in [3.63, 3.8) is 0 Å². The van der Waals surface area contributed by atoms with Gasteiger partial charge < -0.3 is 0 Å². The van der Waals surface area contributed by atoms with Crippen LogP contribution in [-0.4, -0.2) is 5.78 Å². The second kappa shape index (κ2) is 4.83. The van der Waals surface area contributed by atoms with Gasteiger partial charge in [0, 0.05) is 31.3 Å². The third kappa shape index (κ3) is 1.96. The molecule has 1 aromatic heterocycles. The number of ketones is 1. The fourth-order valence-electron chi connectivity index (χ4n) is 2.42. The molecule has 0 N–H and O–H groups in total. The topological polar surface area (TPSA) is 17.1 Å². The average Bonchev–Trinajstić information content (AvgIpc) is 3.03. The van der Waals surface area contributed by atoms with Crippen molar-refractivity contribution in [3.8, 4) is 0 Å². The van der Waals surface area contributed by atoms with E-state index in [0.29, 0.717) is 5.56 Å². The number of carbonyl (C=O) groups is 1. The first-order valence-corrected chi connectivity index (χ1v) is 7.25. The summed E-state index contributed by atoms with van der Waals surface area (Å²) in [6, 6.07) is 10.7. The van der Waals surface area contributed by atoms with Crippen LogP contribution in [0.4, 0.5) is 0 Å². The zero-order valence-electron chi connectivity index (χ0n) is 15.9. The number of fused-ring (bicyclic) bond motifs is 3. The van der Waals surface area contributed by atoms with Crippen molar-refractivity contribution in [2.24, 2.45) is 0 Å². The Morgan fingerprint density at radius 1 is 0.905 bits per heavy atom. The molecule has 0 radical (unpaired) electrons. The maximum atomic E-state index is 13.1. The predicted octanol–water partition coefficient (Wildman–Crippen LogP) is 5.29. The second-order valence-corrected chi connectivity index (χ2v) is 5.66. The highest BCUT2D eigenvalue weighted by Crippen LogP contribution is 2.36. The Kier molecular flexibility index (Phi) is 1.86. The van der Waals surface area contributed by atoms with E-state index in [1.165, 1.54) is 11.3 Å². The van der Waals surface area contributed by atoms with E-state index in [1.54, 1.807) is 12.1 Å². The molecule has 0 aliphatic carbocycles. The molecule has 1 heterocycles. The molecule has 2 heteroatoms. The molecule has 0 amide bonds. The van der Waals surface area contributed by atoms with Crippen molar-refractivity contribution in [1.82, 2.24) is 0 Å². The molecule has 3 aromatic carbocycles. The molecule has 0 aliphatic rings. The molecule has 0 saturated carbocycles. The number of carbonyl (C=O) groups excluding carboxylic acids is 1. The molecule has 0 unspecified atom stereocenters. The molecule has 0 fully saturated rings. The zero-order valence-corrected chi connectivity index (χ0v) is 11.7. The van der Waals surface area contributed by atoms with Gasteiger partial charge in [-0.2, -0.15) is 0 Å². The van der Waals surface area contributed by atoms with Crippen LogP contribution < -0.4 is 0 Å². The molecule has 4 rings (SSSR count). The van der Waals surface area contributed by atoms with Gasteiger partial charge in [0.2, 0.25) is 0 Å². The summed E-state index contributed by atoms with van der Waals surface area (Å²) in [6.07, 6.45) is 0. The number of benzene rings is 3. The van der Waals surface area contributed by atoms with Crippen molar-refractivity contribution >= 4 is 37.3 Å². The zero-order chi connectivity index (χ0) is 18.6. The van der Waals surface area contributed by atoms with Gasteiger partial charge in [0.05, 0.1) is 6.85 Å². The molecule has 0 atom stereocenters. The van der Waals surface area contributed by atoms with E-state index >= 15 is 0 Å². The highest BCUT2D eigenvalue weighted by molar-refractivity contribution is 7.26. The lowest BCUT2D eigenvalue weighted by Gasteiger charge is -2.02. The van der Waals surface area contributed by atoms with Crippen molar-refractivity contribution < 1.29 is 11.6 Å². The van der Waals surface area contributed by atoms with Gasteiger partial charge in [0.25, 0.3) is 0 Å². The molecule has 0 spiro atoms. The summed E-state index contributed by atoms with van der Waals surface area (Å²) in [5.74, 6) is -0.556. The number of hydrogen-bond acceptors (Lipinski definition) is 2. The van der Waals surface area contributed by atoms with Crippen LogP contribution >= 0.6 is 11.3 Å². The quantitative estimate of drug-likeness (QED) is 0.459. The van der Waals surface area contributed by atoms with Gasteiger partial charge in [-0.1, -0.05) is 60.5 Å². The van der Waals surface area contributed by atoms with Gasteiger partial charge in [0.1, 0.15) is 0 Å². The smallest absolute Gasteiger partial charge is 0.194 e. The van der Waals surface area contributed by atoms with Crippen LogP contribution in [0.5, 0.6) is 0 Å². The van der Waals surface area contributed by atoms with Gasteiger partial charge >= 0.3 is 0 Å². The van der Waals surface area contributed by atoms with Crippen molar-refractivity contribution in [3.05, 3.63) is 83.8 Å². The molecule has 0 aliphatic heterocycles. The molecular weight excluding hydrogens is 276 g/mol. The SMILES string of the molecule is [2H]c1c([2H])c([2H])c(C(=O)c2cccc3c2sc2ccccc23)c([2H])c1[2H]. The Morgan fingerprint density at radius 2 is 1.67 bits per heavy atom. The maximum Gasteiger partial charge on any atom is 0.194 e. The van der Waals surface area contributed by atoms with Gasteiger partial charge in [-0.05, 0) is 12.1 Å². The first-order valence-electron chi connectivity index (χ1n) is 8.93. The Labute approximate surface area is 133 Å². The molecule has 1 nitrogen and oxygen atoms in total. The molecule has 4 aromatic rings. The minimum absolute atomic E-state index is 0.291. The normalized spacial score (nSPS) is 14.4. The van der Waals surface area contributed by atoms with Crippen LogP contribution in [0, 0.1) is 0 Å². The van der Waals surface area contributed by atoms with Crippen molar-refractivity contribution in [1.29, 1.82) is 0 Å². The van der Waals surface area contributed by atoms with Crippen LogP contribution in [0.1, 0.15) is 22.8 Å². The van der Waals surface area contributed by atoms with Gasteiger partial charge in [-0.3, -0.25) is 4.79 Å². The predicted molar refractivity (Wildman–Crippen MR) is 89.2 cm³/mol. The first-order chi connectivity index (χ1) is 12.4. The van der Waals surface area contributed by atoms with Gasteiger partial charge in [0.15, 0.2) is 5.78 Å². The van der Waals surface area contributed by atoms with E-state index in [4.69, 9.17) is 6.85 Å². The lowest BCUT2D eigenvalue weighted by molar-refractivity contribution is 0.104. The third-order valence-electron chi connectivity index (χ3n) is 3.38. The van der Waals surface area contributed by atoms with E-state index in [1.807, 2.05) is 30.3 Å². The Bertz CT molecular complexity index is 1180. The summed E-state index contributed by atoms with van der Waals surface area (Å²) in [6.45, 7) is 0. The van der Waals surface area contributed by atoms with Crippen molar-refractivity contribution in [2.75, 3.05) is 0 Å². The standard InChI is InChI=1S/C19H12OS/c20-18(13-7-2-1-3-8-13)16-11-6-10-15-14-9-4-5-12-17(14)21-19(15)16/h1-12H/i1D,2D,3D,7D,8D. The first kappa shape index (κ1) is 8.11. The van der Waals surface area contributed by atoms with E-state index in [-0.39, 0.29) is 5.56 Å². The summed E-state index contributed by atoms with van der Waals surface area (Å²) in [7, 11) is 0. The molecule has 21 heavy (non-hydrogen) atoms. The monoisotopic (exact) mass is 293 g/mol. The Hall–Kier alpha value is -2.45. The van der Waals surface area contributed by atoms with E-state index in [0.717, 1.165) is 20.2 Å². The lowest BCUT2D eigenvalue weighted by Crippen LogP contribution is -2.00. The lowest BCUT2D eigenvalue weighted by atomic mass is 10.0. The van der Waals surface area contributed by atoms with E-state index in [9.17, 15) is 4.79 Å². The van der Waals surface area contributed by atoms with E-state index < -0.39 is 36.0 Å². The minimum atomic E-state index is -0.556. The summed E-state index contributed by atoms with van der Waals surface area (Å²) in [5, 5.41) is 1.95. The fraction of sp³-hybridized carbons (Fsp3) is 0. The molecule has 100 valence electrons. The van der Waals surface area contributed by atoms with Gasteiger partial charge in [-0.25, -0.2) is 0 Å². The Balaban J connectivity index is 2.02. The highest BCUT2D eigenvalue weighted by Gasteiger charge is 2.15. The fourth-order valence-corrected chi connectivity index (χ4v) is 3.64. The van der Waals surface area contributed by atoms with Crippen LogP contribution in [0.3, 0.4) is 0 Å². The number of thiophene rings is 1. The van der Waals surface area contributed by atoms with Crippen LogP contribution in [0.2, 0.25) is 0 Å². The Morgan fingerprint density at radius 3 is 2.52 bits per heavy atom. The minimum Gasteiger partial charge on any atom is -0.289 e. The number of hydrogen-bond donors (Lipinski definition) is 0. The summed E-state index contributed by atoms with van der Waals surface area (Å²) >= 11 is 1.46. The summed E-state index contributed by atoms with van der Waals surface area (Å²) in [4.78, 5) is 13.1. The van der Waals surface area contributed by atoms with Crippen LogP contribution in [0.25, 0.3) is 20.2 Å². The molecule has 0 saturated heterocycles. The summed E-state index contributed by atoms with van der Waals surface area (Å²) < 4.78 is 41.1. The van der Waals surface area contributed by atoms with Crippen LogP contribution in [-0.2, 0) is 0 Å². The molecule has 0 bridgehead atoms. The van der Waals surface area contributed by atoms with Crippen molar-refractivity contribution in [2.45, 2.75) is 0 Å². The maximum absolute atomic E-state index is 13.1. The van der Waals surface area contributed by atoms with Gasteiger partial charge in [-0.15, -0.1) is 11.3 Å². The van der Waals surface area contributed by atoms with E-state index in [2.05, 4.69) is 0 Å².